The van der Waals surface area contributed by atoms with Gasteiger partial charge >= 0.3 is 0 Å². The Balaban J connectivity index is 1.63. The van der Waals surface area contributed by atoms with Gasteiger partial charge in [-0.15, -0.1) is 0 Å². The van der Waals surface area contributed by atoms with Gasteiger partial charge in [0, 0.05) is 17.7 Å². The van der Waals surface area contributed by atoms with Gasteiger partial charge in [-0.05, 0) is 38.3 Å². The molecule has 0 aliphatic carbocycles. The fourth-order valence-electron chi connectivity index (χ4n) is 2.68. The van der Waals surface area contributed by atoms with E-state index in [2.05, 4.69) is 15.5 Å². The molecule has 1 aromatic rings. The number of nitrogens with zero attached hydrogens (tertiary/aromatic N) is 1. The van der Waals surface area contributed by atoms with E-state index < -0.39 is 0 Å². The molecule has 0 spiro atoms. The van der Waals surface area contributed by atoms with Gasteiger partial charge in [0.1, 0.15) is 0 Å². The standard InChI is InChI=1S/C12H19N3O/c1(9-3-5-13-7-9)2-11-10-8-16-6-4-12(10)15-14-11/h9,13H,1-8H2,(H,14,15). The van der Waals surface area contributed by atoms with Crippen molar-refractivity contribution in [2.24, 2.45) is 5.92 Å². The van der Waals surface area contributed by atoms with E-state index in [9.17, 15) is 0 Å². The second-order valence-electron chi connectivity index (χ2n) is 4.83. The number of nitrogens with one attached hydrogen (secondary N) is 2. The number of rotatable bonds is 3. The first-order chi connectivity index (χ1) is 7.93. The molecule has 0 bridgehead atoms. The molecular weight excluding hydrogens is 202 g/mol. The zero-order valence-corrected chi connectivity index (χ0v) is 9.59. The van der Waals surface area contributed by atoms with Gasteiger partial charge in [-0.2, -0.15) is 5.10 Å². The van der Waals surface area contributed by atoms with Gasteiger partial charge in [0.25, 0.3) is 0 Å². The topological polar surface area (TPSA) is 49.9 Å². The maximum absolute atomic E-state index is 5.49. The molecule has 4 heteroatoms. The molecule has 0 amide bonds. The molecule has 2 aliphatic heterocycles. The van der Waals surface area contributed by atoms with E-state index in [0.717, 1.165) is 32.0 Å². The van der Waals surface area contributed by atoms with Gasteiger partial charge in [-0.1, -0.05) is 0 Å². The van der Waals surface area contributed by atoms with Crippen LogP contribution in [0.3, 0.4) is 0 Å². The normalized spacial score (nSPS) is 24.6. The average Bonchev–Trinajstić information content (AvgIpc) is 2.96. The van der Waals surface area contributed by atoms with Crippen molar-refractivity contribution in [2.75, 3.05) is 19.7 Å². The van der Waals surface area contributed by atoms with Crippen LogP contribution < -0.4 is 5.32 Å². The summed E-state index contributed by atoms with van der Waals surface area (Å²) in [5.41, 5.74) is 3.87. The van der Waals surface area contributed by atoms with Crippen molar-refractivity contribution in [3.05, 3.63) is 17.0 Å². The maximum atomic E-state index is 5.49. The second kappa shape index (κ2) is 4.55. The van der Waals surface area contributed by atoms with Crippen LogP contribution in [-0.4, -0.2) is 29.9 Å². The molecule has 88 valence electrons. The van der Waals surface area contributed by atoms with E-state index in [1.165, 1.54) is 42.9 Å². The number of ether oxygens (including phenoxy) is 1. The van der Waals surface area contributed by atoms with Crippen LogP contribution in [-0.2, 0) is 24.2 Å². The fraction of sp³-hybridized carbons (Fsp3) is 0.750. The van der Waals surface area contributed by atoms with E-state index >= 15 is 0 Å². The molecule has 1 fully saturated rings. The molecular formula is C12H19N3O. The molecule has 0 aromatic carbocycles. The number of aromatic nitrogens is 2. The largest absolute Gasteiger partial charge is 0.376 e. The molecule has 1 unspecified atom stereocenters. The molecule has 0 saturated carbocycles. The van der Waals surface area contributed by atoms with Crippen molar-refractivity contribution in [3.63, 3.8) is 0 Å². The third-order valence-electron chi connectivity index (χ3n) is 3.73. The zero-order chi connectivity index (χ0) is 10.8. The van der Waals surface area contributed by atoms with E-state index in [4.69, 9.17) is 4.74 Å². The van der Waals surface area contributed by atoms with Crippen LogP contribution in [0.4, 0.5) is 0 Å². The van der Waals surface area contributed by atoms with Crippen molar-refractivity contribution >= 4 is 0 Å². The van der Waals surface area contributed by atoms with Gasteiger partial charge in [0.15, 0.2) is 0 Å². The molecule has 2 N–H and O–H groups in total. The number of fused-ring (bicyclic) bond motifs is 1. The molecule has 0 radical (unpaired) electrons. The van der Waals surface area contributed by atoms with Crippen LogP contribution >= 0.6 is 0 Å². The van der Waals surface area contributed by atoms with Crippen LogP contribution in [0, 0.1) is 5.92 Å². The number of aromatic amines is 1. The van der Waals surface area contributed by atoms with Crippen LogP contribution in [0.5, 0.6) is 0 Å². The Hall–Kier alpha value is -0.870. The van der Waals surface area contributed by atoms with Crippen molar-refractivity contribution in [2.45, 2.75) is 32.3 Å². The summed E-state index contributed by atoms with van der Waals surface area (Å²) in [5, 5.41) is 11.0. The van der Waals surface area contributed by atoms with E-state index in [1.54, 1.807) is 0 Å². The SMILES string of the molecule is C1CC(CCc2n[nH]c3c2COCC3)CN1. The highest BCUT2D eigenvalue weighted by molar-refractivity contribution is 5.26. The Labute approximate surface area is 95.8 Å². The summed E-state index contributed by atoms with van der Waals surface area (Å²) >= 11 is 0. The number of hydrogen-bond donors (Lipinski definition) is 2. The van der Waals surface area contributed by atoms with Crippen LogP contribution in [0.2, 0.25) is 0 Å². The van der Waals surface area contributed by atoms with Crippen molar-refractivity contribution < 1.29 is 4.74 Å². The zero-order valence-electron chi connectivity index (χ0n) is 9.59. The lowest BCUT2D eigenvalue weighted by Crippen LogP contribution is -2.11. The van der Waals surface area contributed by atoms with E-state index in [0.29, 0.717) is 0 Å². The Morgan fingerprint density at radius 1 is 1.44 bits per heavy atom. The Bertz CT molecular complexity index is 355. The molecule has 1 saturated heterocycles. The van der Waals surface area contributed by atoms with Crippen molar-refractivity contribution in [1.29, 1.82) is 0 Å². The quantitative estimate of drug-likeness (QED) is 0.801. The summed E-state index contributed by atoms with van der Waals surface area (Å²) in [6, 6.07) is 0. The minimum Gasteiger partial charge on any atom is -0.376 e. The monoisotopic (exact) mass is 221 g/mol. The van der Waals surface area contributed by atoms with E-state index in [1.807, 2.05) is 0 Å². The fourth-order valence-corrected chi connectivity index (χ4v) is 2.68. The summed E-state index contributed by atoms with van der Waals surface area (Å²) in [5.74, 6) is 0.844. The molecule has 3 rings (SSSR count). The average molecular weight is 221 g/mol. The lowest BCUT2D eigenvalue weighted by atomic mass is 9.99. The molecule has 16 heavy (non-hydrogen) atoms. The van der Waals surface area contributed by atoms with Crippen molar-refractivity contribution in [3.8, 4) is 0 Å². The van der Waals surface area contributed by atoms with Crippen LogP contribution in [0.25, 0.3) is 0 Å². The smallest absolute Gasteiger partial charge is 0.0753 e. The number of hydrogen-bond acceptors (Lipinski definition) is 3. The summed E-state index contributed by atoms with van der Waals surface area (Å²) in [4.78, 5) is 0. The molecule has 4 nitrogen and oxygen atoms in total. The lowest BCUT2D eigenvalue weighted by molar-refractivity contribution is 0.109. The third kappa shape index (κ3) is 1.99. The Morgan fingerprint density at radius 2 is 2.44 bits per heavy atom. The first kappa shape index (κ1) is 10.3. The highest BCUT2D eigenvalue weighted by Crippen LogP contribution is 2.21. The van der Waals surface area contributed by atoms with Crippen LogP contribution in [0.15, 0.2) is 0 Å². The summed E-state index contributed by atoms with van der Waals surface area (Å²) in [7, 11) is 0. The molecule has 2 aliphatic rings. The van der Waals surface area contributed by atoms with Gasteiger partial charge in [0.2, 0.25) is 0 Å². The second-order valence-corrected chi connectivity index (χ2v) is 4.83. The Kier molecular flexibility index (Phi) is 2.93. The summed E-state index contributed by atoms with van der Waals surface area (Å²) in [6.07, 6.45) is 4.67. The minimum atomic E-state index is 0.754. The van der Waals surface area contributed by atoms with Gasteiger partial charge in [-0.3, -0.25) is 5.10 Å². The van der Waals surface area contributed by atoms with Gasteiger partial charge in [-0.25, -0.2) is 0 Å². The van der Waals surface area contributed by atoms with E-state index in [-0.39, 0.29) is 0 Å². The third-order valence-corrected chi connectivity index (χ3v) is 3.73. The van der Waals surface area contributed by atoms with Gasteiger partial charge < -0.3 is 10.1 Å². The highest BCUT2D eigenvalue weighted by Gasteiger charge is 2.19. The molecule has 1 atom stereocenters. The molecule has 1 aromatic heterocycles. The lowest BCUT2D eigenvalue weighted by Gasteiger charge is -2.13. The maximum Gasteiger partial charge on any atom is 0.0753 e. The minimum absolute atomic E-state index is 0.754. The first-order valence-corrected chi connectivity index (χ1v) is 6.27. The predicted octanol–water partition coefficient (Wildman–Crippen LogP) is 1.02. The molecule has 3 heterocycles. The predicted molar refractivity (Wildman–Crippen MR) is 61.2 cm³/mol. The number of H-pyrrole nitrogens is 1. The number of aryl methyl sites for hydroxylation is 1. The summed E-state index contributed by atoms with van der Waals surface area (Å²) in [6.45, 7) is 3.96. The Morgan fingerprint density at radius 3 is 3.31 bits per heavy atom. The van der Waals surface area contributed by atoms with Gasteiger partial charge in [0.05, 0.1) is 18.9 Å². The highest BCUT2D eigenvalue weighted by atomic mass is 16.5. The van der Waals surface area contributed by atoms with Crippen LogP contribution in [0.1, 0.15) is 29.8 Å². The summed E-state index contributed by atoms with van der Waals surface area (Å²) < 4.78 is 5.49. The first-order valence-electron chi connectivity index (χ1n) is 6.27. The van der Waals surface area contributed by atoms with Crippen molar-refractivity contribution in [1.82, 2.24) is 15.5 Å².